The molecule has 8 rings (SSSR count). The minimum atomic E-state index is -0.982. The minimum Gasteiger partial charge on any atom is -0.391 e. The highest BCUT2D eigenvalue weighted by atomic mass is 35.5. The van der Waals surface area contributed by atoms with Crippen LogP contribution in [0.5, 0.6) is 0 Å². The largest absolute Gasteiger partial charge is 0.391 e. The number of aliphatic imine (C=N–C) groups is 1. The molecule has 68 heavy (non-hydrogen) atoms. The van der Waals surface area contributed by atoms with Gasteiger partial charge < -0.3 is 35.4 Å². The molecule has 4 amide bonds. The molecule has 2 aromatic carbocycles. The number of nitrogens with one attached hydrogen (secondary N) is 3. The van der Waals surface area contributed by atoms with Crippen LogP contribution in [-0.2, 0) is 35.2 Å². The van der Waals surface area contributed by atoms with Crippen molar-refractivity contribution >= 4 is 63.6 Å². The SMILES string of the molecule is Cc1ncsc1-c1ccc(CNC(=O)[C@@H]2C[C@@H](O)CN2C(=O)[C@@H](NC(=O)COCCO[C@H]2C[C@@H](NC(=O)C[C@@H]3N=C(c4ccc(Cl)cc4)c4c(sc(C)c4C)-n4c(C)nnc43)C2)C(C)(C)C)cc1. The van der Waals surface area contributed by atoms with E-state index in [1.165, 1.54) is 9.78 Å². The van der Waals surface area contributed by atoms with Crippen LogP contribution in [0.15, 0.2) is 59.0 Å². The van der Waals surface area contributed by atoms with Crippen LogP contribution in [0.25, 0.3) is 15.4 Å². The van der Waals surface area contributed by atoms with Gasteiger partial charge in [-0.2, -0.15) is 0 Å². The molecule has 0 spiro atoms. The standard InChI is InChI=1S/C49H58ClN9O7S2/c1-26-28(3)68-48-41(26)42(31-12-14-33(50)15-13-31)54-37(45-57-56-29(4)59(45)48)21-39(61)53-34-18-36(19-34)66-17-16-65-24-40(62)55-44(49(5,6)7)47(64)58-23-35(60)20-38(58)46(63)51-22-30-8-10-32(11-9-30)43-27(2)52-25-67-43/h8-15,25,34-38,44,60H,16-24H2,1-7H3,(H,51,63)(H,53,61)(H,55,62)/t34-,35-,36+,37+,38+,44-/m1/s1. The maximum absolute atomic E-state index is 14.0. The monoisotopic (exact) mass is 983 g/mol. The van der Waals surface area contributed by atoms with E-state index in [0.29, 0.717) is 23.7 Å². The number of thiophene rings is 1. The minimum absolute atomic E-state index is 0.0253. The van der Waals surface area contributed by atoms with Crippen LogP contribution in [0.3, 0.4) is 0 Å². The van der Waals surface area contributed by atoms with Crippen LogP contribution in [0, 0.1) is 33.1 Å². The molecule has 1 saturated heterocycles. The number of fused-ring (bicyclic) bond motifs is 3. The number of hydrogen-bond donors (Lipinski definition) is 4. The van der Waals surface area contributed by atoms with E-state index in [1.807, 2.05) is 93.2 Å². The molecular weight excluding hydrogens is 926 g/mol. The van der Waals surface area contributed by atoms with Gasteiger partial charge in [-0.15, -0.1) is 32.9 Å². The molecule has 2 aliphatic heterocycles. The normalized spacial score (nSPS) is 20.4. The second kappa shape index (κ2) is 20.7. The van der Waals surface area contributed by atoms with Gasteiger partial charge in [-0.1, -0.05) is 68.8 Å². The van der Waals surface area contributed by atoms with E-state index in [2.05, 4.69) is 45.0 Å². The number of aliphatic hydroxyl groups is 1. The molecule has 0 unspecified atom stereocenters. The lowest BCUT2D eigenvalue weighted by molar-refractivity contribution is -0.144. The molecule has 4 atom stereocenters. The molecule has 3 aliphatic rings. The van der Waals surface area contributed by atoms with Crippen LogP contribution in [-0.4, -0.2) is 116 Å². The van der Waals surface area contributed by atoms with Gasteiger partial charge in [0.1, 0.15) is 35.6 Å². The number of halogens is 1. The number of amides is 4. The fourth-order valence-electron chi connectivity index (χ4n) is 8.84. The van der Waals surface area contributed by atoms with Crippen molar-refractivity contribution in [1.82, 2.24) is 40.6 Å². The third-order valence-electron chi connectivity index (χ3n) is 12.7. The summed E-state index contributed by atoms with van der Waals surface area (Å²) in [5.74, 6) is -0.130. The molecule has 4 N–H and O–H groups in total. The number of carbonyl (C=O) groups excluding carboxylic acids is 4. The average Bonchev–Trinajstić information content (AvgIpc) is 4.05. The van der Waals surface area contributed by atoms with Gasteiger partial charge in [0.25, 0.3) is 0 Å². The maximum atomic E-state index is 14.0. The Balaban J connectivity index is 0.776. The molecule has 5 heterocycles. The number of rotatable bonds is 16. The highest BCUT2D eigenvalue weighted by Crippen LogP contribution is 2.40. The number of benzene rings is 2. The van der Waals surface area contributed by atoms with E-state index in [4.69, 9.17) is 26.1 Å². The molecule has 3 aromatic heterocycles. The molecule has 19 heteroatoms. The number of thiazole rings is 1. The van der Waals surface area contributed by atoms with E-state index in [-0.39, 0.29) is 69.7 Å². The van der Waals surface area contributed by atoms with Gasteiger partial charge in [-0.25, -0.2) is 4.98 Å². The van der Waals surface area contributed by atoms with Crippen molar-refractivity contribution in [2.24, 2.45) is 10.4 Å². The average molecular weight is 985 g/mol. The predicted octanol–water partition coefficient (Wildman–Crippen LogP) is 6.11. The highest BCUT2D eigenvalue weighted by molar-refractivity contribution is 7.15. The Morgan fingerprint density at radius 2 is 1.66 bits per heavy atom. The summed E-state index contributed by atoms with van der Waals surface area (Å²) in [5.41, 5.74) is 7.80. The number of likely N-dealkylation sites (tertiary alicyclic amines) is 1. The molecule has 360 valence electrons. The number of aliphatic hydroxyl groups excluding tert-OH is 1. The first-order valence-corrected chi connectivity index (χ1v) is 24.9. The highest BCUT2D eigenvalue weighted by Gasteiger charge is 2.44. The molecule has 1 aliphatic carbocycles. The molecule has 0 bridgehead atoms. The fourth-order valence-corrected chi connectivity index (χ4v) is 11.0. The number of hydrogen-bond acceptors (Lipinski definition) is 13. The summed E-state index contributed by atoms with van der Waals surface area (Å²) in [6.45, 7) is 13.8. The van der Waals surface area contributed by atoms with Crippen molar-refractivity contribution < 1.29 is 33.8 Å². The Labute approximate surface area is 408 Å². The van der Waals surface area contributed by atoms with E-state index in [0.717, 1.165) is 54.9 Å². The smallest absolute Gasteiger partial charge is 0.246 e. The number of β-amino-alcohol motifs (C(OH)–C–C–N with tert-alkyl or cyclic N) is 1. The lowest BCUT2D eigenvalue weighted by Gasteiger charge is -2.36. The molecular formula is C49H58ClN9O7S2. The summed E-state index contributed by atoms with van der Waals surface area (Å²) in [6, 6.07) is 12.9. The number of carbonyl (C=O) groups is 4. The van der Waals surface area contributed by atoms with Crippen molar-refractivity contribution in [2.45, 2.75) is 117 Å². The van der Waals surface area contributed by atoms with Crippen LogP contribution in [0.1, 0.15) is 97.0 Å². The first-order chi connectivity index (χ1) is 32.4. The Hall–Kier alpha value is -5.37. The molecule has 5 aromatic rings. The topological polar surface area (TPSA) is 202 Å². The van der Waals surface area contributed by atoms with E-state index in [9.17, 15) is 24.3 Å². The Bertz CT molecular complexity index is 2690. The van der Waals surface area contributed by atoms with Crippen LogP contribution in [0.4, 0.5) is 0 Å². The Morgan fingerprint density at radius 3 is 2.35 bits per heavy atom. The summed E-state index contributed by atoms with van der Waals surface area (Å²) in [6.07, 6.45) is 0.464. The van der Waals surface area contributed by atoms with Crippen molar-refractivity contribution in [3.05, 3.63) is 104 Å². The number of aromatic nitrogens is 4. The second-order valence-corrected chi connectivity index (χ2v) is 21.3. The zero-order valence-corrected chi connectivity index (χ0v) is 41.7. The molecule has 2 fully saturated rings. The van der Waals surface area contributed by atoms with Gasteiger partial charge in [0.2, 0.25) is 23.6 Å². The van der Waals surface area contributed by atoms with Crippen molar-refractivity contribution in [2.75, 3.05) is 26.4 Å². The first kappa shape index (κ1) is 49.1. The maximum Gasteiger partial charge on any atom is 0.246 e. The lowest BCUT2D eigenvalue weighted by Crippen LogP contribution is -2.58. The number of ether oxygens (including phenoxy) is 2. The van der Waals surface area contributed by atoms with Crippen LogP contribution >= 0.6 is 34.3 Å². The number of aryl methyl sites for hydroxylation is 3. The quantitative estimate of drug-likeness (QED) is 0.0836. The summed E-state index contributed by atoms with van der Waals surface area (Å²) < 4.78 is 13.6. The Kier molecular flexibility index (Phi) is 14.9. The van der Waals surface area contributed by atoms with Crippen molar-refractivity contribution in [3.63, 3.8) is 0 Å². The van der Waals surface area contributed by atoms with Gasteiger partial charge in [0.15, 0.2) is 5.82 Å². The summed E-state index contributed by atoms with van der Waals surface area (Å²) in [7, 11) is 0. The van der Waals surface area contributed by atoms with Crippen molar-refractivity contribution in [3.8, 4) is 15.4 Å². The molecule has 0 radical (unpaired) electrons. The van der Waals surface area contributed by atoms with Crippen LogP contribution in [0.2, 0.25) is 5.02 Å². The van der Waals surface area contributed by atoms with Crippen molar-refractivity contribution in [1.29, 1.82) is 0 Å². The van der Waals surface area contributed by atoms with E-state index < -0.39 is 41.5 Å². The summed E-state index contributed by atoms with van der Waals surface area (Å²) in [4.78, 5) is 67.3. The number of nitrogens with zero attached hydrogens (tertiary/aromatic N) is 6. The summed E-state index contributed by atoms with van der Waals surface area (Å²) >= 11 is 9.48. The third kappa shape index (κ3) is 10.9. The predicted molar refractivity (Wildman–Crippen MR) is 261 cm³/mol. The Morgan fingerprint density at radius 1 is 0.941 bits per heavy atom. The second-order valence-electron chi connectivity index (χ2n) is 18.8. The van der Waals surface area contributed by atoms with Gasteiger partial charge in [-0.3, -0.25) is 28.7 Å². The van der Waals surface area contributed by atoms with E-state index in [1.54, 1.807) is 22.7 Å². The lowest BCUT2D eigenvalue weighted by atomic mass is 9.85. The van der Waals surface area contributed by atoms with Gasteiger partial charge in [0, 0.05) is 46.6 Å². The van der Waals surface area contributed by atoms with Crippen LogP contribution < -0.4 is 16.0 Å². The zero-order chi connectivity index (χ0) is 48.4. The third-order valence-corrected chi connectivity index (χ3v) is 15.1. The van der Waals surface area contributed by atoms with Gasteiger partial charge >= 0.3 is 0 Å². The van der Waals surface area contributed by atoms with Gasteiger partial charge in [-0.05, 0) is 74.8 Å². The molecule has 1 saturated carbocycles. The van der Waals surface area contributed by atoms with Gasteiger partial charge in [0.05, 0.1) is 53.6 Å². The zero-order valence-electron chi connectivity index (χ0n) is 39.3. The fraction of sp³-hybridized carbons (Fsp3) is 0.469. The molecule has 16 nitrogen and oxygen atoms in total. The first-order valence-electron chi connectivity index (χ1n) is 22.8. The summed E-state index contributed by atoms with van der Waals surface area (Å²) in [5, 5.41) is 30.0. The van der Waals surface area contributed by atoms with E-state index >= 15 is 0 Å².